The lowest BCUT2D eigenvalue weighted by atomic mass is 10.0. The van der Waals surface area contributed by atoms with Gasteiger partial charge in [-0.05, 0) is 56.6 Å². The second kappa shape index (κ2) is 7.44. The number of fused-ring (bicyclic) bond motifs is 1. The average Bonchev–Trinajstić information content (AvgIpc) is 3.19. The first kappa shape index (κ1) is 18.8. The lowest BCUT2D eigenvalue weighted by Gasteiger charge is -2.27. The van der Waals surface area contributed by atoms with E-state index < -0.39 is 23.8 Å². The molecule has 0 saturated carbocycles. The van der Waals surface area contributed by atoms with Crippen LogP contribution in [0.2, 0.25) is 0 Å². The van der Waals surface area contributed by atoms with E-state index in [1.807, 2.05) is 13.1 Å². The molecule has 2 N–H and O–H groups in total. The molecule has 8 nitrogen and oxygen atoms in total. The number of likely N-dealkylation sites (tertiary alicyclic amines) is 1. The quantitative estimate of drug-likeness (QED) is 0.700. The number of benzene rings is 1. The van der Waals surface area contributed by atoms with Crippen molar-refractivity contribution in [3.05, 3.63) is 34.9 Å². The zero-order chi connectivity index (χ0) is 19.8. The van der Waals surface area contributed by atoms with Gasteiger partial charge in [0.15, 0.2) is 0 Å². The molecule has 2 unspecified atom stereocenters. The van der Waals surface area contributed by atoms with Gasteiger partial charge in [0, 0.05) is 19.5 Å². The molecule has 148 valence electrons. The predicted octanol–water partition coefficient (Wildman–Crippen LogP) is 0.129. The molecule has 2 fully saturated rings. The van der Waals surface area contributed by atoms with Gasteiger partial charge in [0.05, 0.1) is 11.1 Å². The lowest BCUT2D eigenvalue weighted by molar-refractivity contribution is -0.136. The van der Waals surface area contributed by atoms with Crippen LogP contribution in [0.1, 0.15) is 45.5 Å². The summed E-state index contributed by atoms with van der Waals surface area (Å²) in [6.07, 6.45) is 1.44. The van der Waals surface area contributed by atoms with Gasteiger partial charge in [-0.1, -0.05) is 6.07 Å². The molecule has 0 aliphatic carbocycles. The minimum absolute atomic E-state index is 0.123. The van der Waals surface area contributed by atoms with Crippen LogP contribution in [0, 0.1) is 5.92 Å². The first-order chi connectivity index (χ1) is 13.5. The highest BCUT2D eigenvalue weighted by atomic mass is 16.2. The number of nitrogens with one attached hydrogen (secondary N) is 2. The Morgan fingerprint density at radius 2 is 1.89 bits per heavy atom. The zero-order valence-corrected chi connectivity index (χ0v) is 15.9. The molecular weight excluding hydrogens is 360 g/mol. The van der Waals surface area contributed by atoms with Crippen LogP contribution in [0.25, 0.3) is 0 Å². The molecule has 3 aliphatic rings. The van der Waals surface area contributed by atoms with E-state index in [1.165, 1.54) is 0 Å². The van der Waals surface area contributed by atoms with Crippen molar-refractivity contribution in [1.82, 2.24) is 20.4 Å². The summed E-state index contributed by atoms with van der Waals surface area (Å²) in [5.41, 5.74) is 1.65. The van der Waals surface area contributed by atoms with Gasteiger partial charge in [0.25, 0.3) is 11.8 Å². The topological polar surface area (TPSA) is 98.8 Å². The monoisotopic (exact) mass is 384 g/mol. The molecule has 0 spiro atoms. The van der Waals surface area contributed by atoms with Crippen molar-refractivity contribution < 1.29 is 19.2 Å². The van der Waals surface area contributed by atoms with Crippen molar-refractivity contribution in [3.8, 4) is 0 Å². The number of nitrogens with zero attached hydrogens (tertiary/aromatic N) is 2. The van der Waals surface area contributed by atoms with Crippen molar-refractivity contribution >= 4 is 23.6 Å². The fourth-order valence-corrected chi connectivity index (χ4v) is 4.39. The van der Waals surface area contributed by atoms with Gasteiger partial charge in [-0.25, -0.2) is 0 Å². The number of carbonyl (C=O) groups excluding carboxylic acids is 4. The number of rotatable bonds is 5. The van der Waals surface area contributed by atoms with Gasteiger partial charge < -0.3 is 5.32 Å². The Balaban J connectivity index is 1.50. The molecular formula is C20H24N4O4. The number of hydrogen-bond acceptors (Lipinski definition) is 6. The third kappa shape index (κ3) is 3.33. The molecule has 3 aliphatic heterocycles. The third-order valence-electron chi connectivity index (χ3n) is 5.77. The highest BCUT2D eigenvalue weighted by Crippen LogP contribution is 2.29. The average molecular weight is 384 g/mol. The highest BCUT2D eigenvalue weighted by Gasteiger charge is 2.44. The molecule has 0 radical (unpaired) electrons. The summed E-state index contributed by atoms with van der Waals surface area (Å²) in [6.45, 7) is 3.74. The zero-order valence-electron chi connectivity index (χ0n) is 15.9. The summed E-state index contributed by atoms with van der Waals surface area (Å²) >= 11 is 0. The molecule has 1 aromatic carbocycles. The summed E-state index contributed by atoms with van der Waals surface area (Å²) < 4.78 is 0. The summed E-state index contributed by atoms with van der Waals surface area (Å²) in [7, 11) is 1.96. The Morgan fingerprint density at radius 3 is 2.64 bits per heavy atom. The van der Waals surface area contributed by atoms with Gasteiger partial charge in [0.2, 0.25) is 11.8 Å². The molecule has 3 heterocycles. The van der Waals surface area contributed by atoms with Crippen LogP contribution in [0.15, 0.2) is 18.2 Å². The molecule has 4 amide bonds. The van der Waals surface area contributed by atoms with Gasteiger partial charge >= 0.3 is 0 Å². The maximum Gasteiger partial charge on any atom is 0.262 e. The summed E-state index contributed by atoms with van der Waals surface area (Å²) in [5, 5.41) is 5.43. The first-order valence-corrected chi connectivity index (χ1v) is 9.69. The fraction of sp³-hybridized carbons (Fsp3) is 0.500. The van der Waals surface area contributed by atoms with Crippen LogP contribution in [-0.4, -0.2) is 66.2 Å². The van der Waals surface area contributed by atoms with E-state index in [9.17, 15) is 19.2 Å². The Morgan fingerprint density at radius 1 is 1.11 bits per heavy atom. The highest BCUT2D eigenvalue weighted by molar-refractivity contribution is 6.23. The minimum atomic E-state index is -0.922. The van der Waals surface area contributed by atoms with Gasteiger partial charge in [0.1, 0.15) is 6.04 Å². The maximum atomic E-state index is 12.9. The molecule has 2 saturated heterocycles. The number of piperidine rings is 1. The van der Waals surface area contributed by atoms with Crippen LogP contribution in [0.3, 0.4) is 0 Å². The van der Waals surface area contributed by atoms with E-state index >= 15 is 0 Å². The van der Waals surface area contributed by atoms with Gasteiger partial charge in [-0.15, -0.1) is 0 Å². The third-order valence-corrected chi connectivity index (χ3v) is 5.77. The van der Waals surface area contributed by atoms with Crippen LogP contribution in [0.5, 0.6) is 0 Å². The second-order valence-electron chi connectivity index (χ2n) is 7.77. The maximum absolute atomic E-state index is 12.9. The van der Waals surface area contributed by atoms with E-state index in [-0.39, 0.29) is 18.7 Å². The number of imide groups is 2. The van der Waals surface area contributed by atoms with Crippen LogP contribution in [-0.2, 0) is 16.1 Å². The summed E-state index contributed by atoms with van der Waals surface area (Å²) in [4.78, 5) is 52.4. The first-order valence-electron chi connectivity index (χ1n) is 9.69. The SMILES string of the molecule is CNCC1CCN(Cc2ccc3c(c2)C(=O)N(C2CCC(=O)NC2=O)C3=O)C1. The van der Waals surface area contributed by atoms with Crippen LogP contribution >= 0.6 is 0 Å². The summed E-state index contributed by atoms with van der Waals surface area (Å²) in [6, 6.07) is 4.41. The molecule has 4 rings (SSSR count). The van der Waals surface area contributed by atoms with Gasteiger partial charge in [-0.3, -0.25) is 34.3 Å². The molecule has 2 atom stereocenters. The Bertz CT molecular complexity index is 853. The molecule has 8 heteroatoms. The Hall–Kier alpha value is -2.58. The van der Waals surface area contributed by atoms with Crippen LogP contribution < -0.4 is 10.6 Å². The van der Waals surface area contributed by atoms with E-state index in [2.05, 4.69) is 15.5 Å². The van der Waals surface area contributed by atoms with Crippen molar-refractivity contribution in [2.24, 2.45) is 5.92 Å². The normalized spacial score (nSPS) is 25.4. The second-order valence-corrected chi connectivity index (χ2v) is 7.77. The largest absolute Gasteiger partial charge is 0.319 e. The van der Waals surface area contributed by atoms with Gasteiger partial charge in [-0.2, -0.15) is 0 Å². The number of amides is 4. The lowest BCUT2D eigenvalue weighted by Crippen LogP contribution is -2.54. The molecule has 0 bridgehead atoms. The minimum Gasteiger partial charge on any atom is -0.319 e. The molecule has 0 aromatic heterocycles. The number of carbonyl (C=O) groups is 4. The van der Waals surface area contributed by atoms with E-state index in [4.69, 9.17) is 0 Å². The number of hydrogen-bond donors (Lipinski definition) is 2. The Labute approximate surface area is 163 Å². The van der Waals surface area contributed by atoms with E-state index in [1.54, 1.807) is 12.1 Å². The summed E-state index contributed by atoms with van der Waals surface area (Å²) in [5.74, 6) is -1.24. The Kier molecular flexibility index (Phi) is 4.99. The van der Waals surface area contributed by atoms with Crippen molar-refractivity contribution in [2.45, 2.75) is 31.8 Å². The fourth-order valence-electron chi connectivity index (χ4n) is 4.39. The smallest absolute Gasteiger partial charge is 0.262 e. The van der Waals surface area contributed by atoms with Crippen LogP contribution in [0.4, 0.5) is 0 Å². The van der Waals surface area contributed by atoms with E-state index in [0.29, 0.717) is 17.0 Å². The predicted molar refractivity (Wildman–Crippen MR) is 100 cm³/mol. The van der Waals surface area contributed by atoms with Crippen molar-refractivity contribution in [1.29, 1.82) is 0 Å². The van der Waals surface area contributed by atoms with E-state index in [0.717, 1.165) is 43.1 Å². The van der Waals surface area contributed by atoms with Crippen molar-refractivity contribution in [3.63, 3.8) is 0 Å². The van der Waals surface area contributed by atoms with Crippen molar-refractivity contribution in [2.75, 3.05) is 26.7 Å². The molecule has 28 heavy (non-hydrogen) atoms. The molecule has 1 aromatic rings. The standard InChI is InChI=1S/C20H24N4O4/c1-21-9-13-6-7-23(11-13)10-12-2-3-14-15(8-12)20(28)24(19(14)27)16-4-5-17(25)22-18(16)26/h2-3,8,13,16,21H,4-7,9-11H2,1H3,(H,22,25,26).